The first-order valence-electron chi connectivity index (χ1n) is 12.7. The number of anilines is 1. The van der Waals surface area contributed by atoms with Crippen molar-refractivity contribution in [1.29, 1.82) is 0 Å². The molecule has 196 valence electrons. The van der Waals surface area contributed by atoms with Gasteiger partial charge in [-0.05, 0) is 107 Å². The Hall–Kier alpha value is -3.56. The van der Waals surface area contributed by atoms with Gasteiger partial charge in [0.2, 0.25) is 0 Å². The Labute approximate surface area is 231 Å². The zero-order chi connectivity index (χ0) is 27.1. The number of ether oxygens (including phenoxy) is 1. The van der Waals surface area contributed by atoms with Crippen molar-refractivity contribution >= 4 is 58.2 Å². The molecule has 38 heavy (non-hydrogen) atoms. The first-order chi connectivity index (χ1) is 18.2. The van der Waals surface area contributed by atoms with Gasteiger partial charge in [-0.2, -0.15) is 0 Å². The van der Waals surface area contributed by atoms with Crippen molar-refractivity contribution in [2.75, 3.05) is 11.5 Å². The standard InChI is InChI=1S/C29H29N3O4S2/c1-5-36-28(35)24-21-11-6-7-12-23(21)38-27(24)31-17(3)14-19(18(31)4)15-22-25(33)30-29(37)32(26(22)34)20-10-8-9-16(2)13-20/h8-10,13-15H,5-7,11-12H2,1-4H3,(H,30,33,37)/b22-15+. The number of hydrogen-bond donors (Lipinski definition) is 1. The molecule has 9 heteroatoms. The third-order valence-electron chi connectivity index (χ3n) is 6.97. The van der Waals surface area contributed by atoms with Crippen LogP contribution in [-0.4, -0.2) is 34.1 Å². The third kappa shape index (κ3) is 4.50. The highest BCUT2D eigenvalue weighted by atomic mass is 32.1. The lowest BCUT2D eigenvalue weighted by molar-refractivity contribution is -0.122. The monoisotopic (exact) mass is 547 g/mol. The van der Waals surface area contributed by atoms with Crippen LogP contribution in [0.15, 0.2) is 35.9 Å². The molecule has 2 aromatic heterocycles. The van der Waals surface area contributed by atoms with Gasteiger partial charge in [-0.1, -0.05) is 12.1 Å². The maximum absolute atomic E-state index is 13.5. The van der Waals surface area contributed by atoms with E-state index in [0.29, 0.717) is 17.9 Å². The van der Waals surface area contributed by atoms with Gasteiger partial charge in [-0.3, -0.25) is 19.8 Å². The first kappa shape index (κ1) is 26.1. The Balaban J connectivity index is 1.59. The van der Waals surface area contributed by atoms with Gasteiger partial charge in [0, 0.05) is 16.3 Å². The molecule has 0 radical (unpaired) electrons. The minimum absolute atomic E-state index is 0.00329. The number of benzene rings is 1. The Morgan fingerprint density at radius 1 is 1.16 bits per heavy atom. The zero-order valence-electron chi connectivity index (χ0n) is 21.8. The van der Waals surface area contributed by atoms with Crippen molar-refractivity contribution in [3.8, 4) is 5.00 Å². The molecule has 0 bridgehead atoms. The van der Waals surface area contributed by atoms with Crippen molar-refractivity contribution in [2.24, 2.45) is 0 Å². The second kappa shape index (κ2) is 10.3. The van der Waals surface area contributed by atoms with Crippen molar-refractivity contribution in [1.82, 2.24) is 9.88 Å². The number of thiocarbonyl (C=S) groups is 1. The largest absolute Gasteiger partial charge is 0.462 e. The molecule has 1 fully saturated rings. The lowest BCUT2D eigenvalue weighted by atomic mass is 9.95. The van der Waals surface area contributed by atoms with Crippen LogP contribution in [0.3, 0.4) is 0 Å². The van der Waals surface area contributed by atoms with Crippen molar-refractivity contribution < 1.29 is 19.1 Å². The Bertz CT molecular complexity index is 1530. The fourth-order valence-electron chi connectivity index (χ4n) is 5.18. The van der Waals surface area contributed by atoms with E-state index in [9.17, 15) is 14.4 Å². The number of fused-ring (bicyclic) bond motifs is 1. The van der Waals surface area contributed by atoms with E-state index in [1.165, 1.54) is 9.78 Å². The van der Waals surface area contributed by atoms with Crippen LogP contribution in [-0.2, 0) is 27.2 Å². The van der Waals surface area contributed by atoms with Crippen molar-refractivity contribution in [2.45, 2.75) is 53.4 Å². The zero-order valence-corrected chi connectivity index (χ0v) is 23.5. The third-order valence-corrected chi connectivity index (χ3v) is 8.53. The van der Waals surface area contributed by atoms with Gasteiger partial charge in [0.25, 0.3) is 11.8 Å². The minimum Gasteiger partial charge on any atom is -0.462 e. The molecule has 1 N–H and O–H groups in total. The van der Waals surface area contributed by atoms with E-state index in [4.69, 9.17) is 17.0 Å². The number of rotatable bonds is 5. The first-order valence-corrected chi connectivity index (χ1v) is 13.9. The van der Waals surface area contributed by atoms with Crippen LogP contribution in [0, 0.1) is 20.8 Å². The normalized spacial score (nSPS) is 16.6. The summed E-state index contributed by atoms with van der Waals surface area (Å²) in [6.45, 7) is 7.93. The average molecular weight is 548 g/mol. The van der Waals surface area contributed by atoms with E-state index >= 15 is 0 Å². The highest BCUT2D eigenvalue weighted by Gasteiger charge is 2.35. The number of amides is 2. The molecule has 2 amide bonds. The summed E-state index contributed by atoms with van der Waals surface area (Å²) in [6.07, 6.45) is 5.57. The van der Waals surface area contributed by atoms with Gasteiger partial charge in [0.05, 0.1) is 17.9 Å². The Kier molecular flexibility index (Phi) is 7.07. The summed E-state index contributed by atoms with van der Waals surface area (Å²) < 4.78 is 7.49. The van der Waals surface area contributed by atoms with Gasteiger partial charge in [0.1, 0.15) is 10.6 Å². The predicted octanol–water partition coefficient (Wildman–Crippen LogP) is 5.35. The van der Waals surface area contributed by atoms with E-state index in [1.54, 1.807) is 23.5 Å². The molecule has 5 rings (SSSR count). The van der Waals surface area contributed by atoms with Gasteiger partial charge in [-0.15, -0.1) is 11.3 Å². The van der Waals surface area contributed by atoms with E-state index < -0.39 is 11.8 Å². The molecule has 2 aliphatic rings. The lowest BCUT2D eigenvalue weighted by Crippen LogP contribution is -2.54. The number of aryl methyl sites for hydroxylation is 3. The summed E-state index contributed by atoms with van der Waals surface area (Å²) in [5.74, 6) is -1.32. The molecule has 0 unspecified atom stereocenters. The summed E-state index contributed by atoms with van der Waals surface area (Å²) in [5.41, 5.74) is 5.74. The van der Waals surface area contributed by atoms with Crippen LogP contribution in [0.1, 0.15) is 63.1 Å². The molecule has 1 aliphatic heterocycles. The number of carbonyl (C=O) groups excluding carboxylic acids is 3. The van der Waals surface area contributed by atoms with Crippen LogP contribution >= 0.6 is 23.6 Å². The lowest BCUT2D eigenvalue weighted by Gasteiger charge is -2.29. The smallest absolute Gasteiger partial charge is 0.341 e. The van der Waals surface area contributed by atoms with E-state index in [1.807, 2.05) is 56.5 Å². The van der Waals surface area contributed by atoms with Gasteiger partial charge >= 0.3 is 5.97 Å². The summed E-state index contributed by atoms with van der Waals surface area (Å²) >= 11 is 6.97. The fourth-order valence-corrected chi connectivity index (χ4v) is 6.95. The quantitative estimate of drug-likeness (QED) is 0.202. The topological polar surface area (TPSA) is 80.6 Å². The number of nitrogens with zero attached hydrogens (tertiary/aromatic N) is 2. The maximum Gasteiger partial charge on any atom is 0.341 e. The van der Waals surface area contributed by atoms with Crippen LogP contribution in [0.2, 0.25) is 0 Å². The van der Waals surface area contributed by atoms with Crippen molar-refractivity contribution in [3.05, 3.63) is 74.4 Å². The van der Waals surface area contributed by atoms with Crippen LogP contribution < -0.4 is 10.2 Å². The van der Waals surface area contributed by atoms with Crippen molar-refractivity contribution in [3.63, 3.8) is 0 Å². The number of aromatic nitrogens is 1. The number of nitrogens with one attached hydrogen (secondary N) is 1. The van der Waals surface area contributed by atoms with E-state index in [0.717, 1.165) is 58.8 Å². The molecule has 1 aromatic carbocycles. The van der Waals surface area contributed by atoms with Crippen LogP contribution in [0.25, 0.3) is 11.1 Å². The minimum atomic E-state index is -0.535. The molecule has 1 aliphatic carbocycles. The van der Waals surface area contributed by atoms with Gasteiger partial charge in [0.15, 0.2) is 5.11 Å². The van der Waals surface area contributed by atoms with E-state index in [2.05, 4.69) is 5.32 Å². The molecule has 0 saturated carbocycles. The molecular formula is C29H29N3O4S2. The second-order valence-electron chi connectivity index (χ2n) is 9.57. The average Bonchev–Trinajstić information content (AvgIpc) is 3.37. The van der Waals surface area contributed by atoms with Gasteiger partial charge < -0.3 is 9.30 Å². The molecular weight excluding hydrogens is 518 g/mol. The summed E-state index contributed by atoms with van der Waals surface area (Å²) in [4.78, 5) is 42.1. The molecule has 7 nitrogen and oxygen atoms in total. The number of carbonyl (C=O) groups is 3. The van der Waals surface area contributed by atoms with Crippen LogP contribution in [0.5, 0.6) is 0 Å². The predicted molar refractivity (Wildman–Crippen MR) is 153 cm³/mol. The molecule has 3 heterocycles. The second-order valence-corrected chi connectivity index (χ2v) is 11.0. The van der Waals surface area contributed by atoms with Gasteiger partial charge in [-0.25, -0.2) is 4.79 Å². The molecule has 0 atom stereocenters. The number of esters is 1. The fraction of sp³-hybridized carbons (Fsp3) is 0.310. The Morgan fingerprint density at radius 2 is 1.92 bits per heavy atom. The Morgan fingerprint density at radius 3 is 2.66 bits per heavy atom. The summed E-state index contributed by atoms with van der Waals surface area (Å²) in [6, 6.07) is 9.34. The van der Waals surface area contributed by atoms with E-state index in [-0.39, 0.29) is 16.7 Å². The number of hydrogen-bond acceptors (Lipinski definition) is 6. The highest BCUT2D eigenvalue weighted by molar-refractivity contribution is 7.80. The summed E-state index contributed by atoms with van der Waals surface area (Å²) in [7, 11) is 0. The highest BCUT2D eigenvalue weighted by Crippen LogP contribution is 2.39. The number of thiophene rings is 1. The molecule has 1 saturated heterocycles. The van der Waals surface area contributed by atoms with Crippen LogP contribution in [0.4, 0.5) is 5.69 Å². The molecule has 0 spiro atoms. The maximum atomic E-state index is 13.5. The SMILES string of the molecule is CCOC(=O)c1c(-n2c(C)cc(/C=C3\C(=O)NC(=S)N(c4cccc(C)c4)C3=O)c2C)sc2c1CCCC2. The molecule has 3 aromatic rings. The summed E-state index contributed by atoms with van der Waals surface area (Å²) in [5, 5.41) is 3.54.